The maximum atomic E-state index is 12.2. The molecule has 2 aliphatic rings. The lowest BCUT2D eigenvalue weighted by Gasteiger charge is -2.38. The molecule has 0 saturated carbocycles. The number of ether oxygens (including phenoxy) is 1. The Kier molecular flexibility index (Phi) is 6.39. The summed E-state index contributed by atoms with van der Waals surface area (Å²) in [7, 11) is 0. The minimum atomic E-state index is 0. The third kappa shape index (κ3) is 3.84. The second-order valence-electron chi connectivity index (χ2n) is 5.34. The molecule has 2 rings (SSSR count). The fourth-order valence-corrected chi connectivity index (χ4v) is 2.69. The summed E-state index contributed by atoms with van der Waals surface area (Å²) in [6.45, 7) is 7.78. The van der Waals surface area contributed by atoms with Gasteiger partial charge in [0.25, 0.3) is 0 Å². The van der Waals surface area contributed by atoms with E-state index in [9.17, 15) is 4.79 Å². The number of rotatable bonds is 3. The fraction of sp³-hybridized carbons (Fsp3) is 0.923. The summed E-state index contributed by atoms with van der Waals surface area (Å²) in [5.41, 5.74) is 0. The van der Waals surface area contributed by atoms with Crippen LogP contribution in [-0.2, 0) is 9.53 Å². The summed E-state index contributed by atoms with van der Waals surface area (Å²) in [5.74, 6) is 0.923. The number of halogens is 1. The molecular formula is C13H25ClN2O2. The van der Waals surface area contributed by atoms with Gasteiger partial charge < -0.3 is 15.0 Å². The molecule has 0 radical (unpaired) electrons. The first-order valence-corrected chi connectivity index (χ1v) is 6.79. The van der Waals surface area contributed by atoms with Crippen LogP contribution in [0.25, 0.3) is 0 Å². The molecule has 3 atom stereocenters. The molecule has 4 nitrogen and oxygen atoms in total. The van der Waals surface area contributed by atoms with E-state index in [1.165, 1.54) is 0 Å². The number of nitrogens with zero attached hydrogens (tertiary/aromatic N) is 1. The highest BCUT2D eigenvalue weighted by Crippen LogP contribution is 2.19. The number of hydrogen-bond donors (Lipinski definition) is 1. The standard InChI is InChI=1S/C13H24N2O2.ClH/c1-10-11(2)15(7-6-14-10)13(16)4-3-12-5-8-17-9-12;/h10-12,14H,3-9H2,1-2H3;1H. The van der Waals surface area contributed by atoms with E-state index in [2.05, 4.69) is 19.2 Å². The van der Waals surface area contributed by atoms with Gasteiger partial charge in [0, 0.05) is 44.8 Å². The van der Waals surface area contributed by atoms with Crippen molar-refractivity contribution >= 4 is 18.3 Å². The van der Waals surface area contributed by atoms with Gasteiger partial charge in [-0.3, -0.25) is 4.79 Å². The van der Waals surface area contributed by atoms with E-state index in [1.54, 1.807) is 0 Å². The van der Waals surface area contributed by atoms with E-state index in [4.69, 9.17) is 4.74 Å². The summed E-state index contributed by atoms with van der Waals surface area (Å²) >= 11 is 0. The summed E-state index contributed by atoms with van der Waals surface area (Å²) < 4.78 is 5.34. The highest BCUT2D eigenvalue weighted by molar-refractivity contribution is 5.85. The van der Waals surface area contributed by atoms with Crippen molar-refractivity contribution in [1.82, 2.24) is 10.2 Å². The van der Waals surface area contributed by atoms with Crippen LogP contribution in [0.5, 0.6) is 0 Å². The largest absolute Gasteiger partial charge is 0.381 e. The smallest absolute Gasteiger partial charge is 0.222 e. The zero-order valence-corrected chi connectivity index (χ0v) is 12.2. The third-order valence-corrected chi connectivity index (χ3v) is 4.15. The fourth-order valence-electron chi connectivity index (χ4n) is 2.69. The second kappa shape index (κ2) is 7.31. The minimum Gasteiger partial charge on any atom is -0.381 e. The van der Waals surface area contributed by atoms with Crippen LogP contribution >= 0.6 is 12.4 Å². The normalized spacial score (nSPS) is 32.1. The molecule has 0 bridgehead atoms. The minimum absolute atomic E-state index is 0. The van der Waals surface area contributed by atoms with E-state index in [0.717, 1.165) is 39.1 Å². The van der Waals surface area contributed by atoms with Crippen LogP contribution in [0.1, 0.15) is 33.1 Å². The van der Waals surface area contributed by atoms with Crippen molar-refractivity contribution in [2.24, 2.45) is 5.92 Å². The van der Waals surface area contributed by atoms with Crippen molar-refractivity contribution in [2.75, 3.05) is 26.3 Å². The Labute approximate surface area is 116 Å². The average molecular weight is 277 g/mol. The van der Waals surface area contributed by atoms with Crippen LogP contribution in [0.2, 0.25) is 0 Å². The zero-order valence-electron chi connectivity index (χ0n) is 11.4. The molecule has 0 aromatic heterocycles. The van der Waals surface area contributed by atoms with E-state index < -0.39 is 0 Å². The van der Waals surface area contributed by atoms with Gasteiger partial charge in [-0.15, -0.1) is 12.4 Å². The molecule has 3 unspecified atom stereocenters. The van der Waals surface area contributed by atoms with Gasteiger partial charge in [-0.05, 0) is 32.6 Å². The summed E-state index contributed by atoms with van der Waals surface area (Å²) in [6, 6.07) is 0.721. The number of carbonyl (C=O) groups is 1. The van der Waals surface area contributed by atoms with Crippen LogP contribution in [0, 0.1) is 5.92 Å². The Balaban J connectivity index is 0.00000162. The highest BCUT2D eigenvalue weighted by Gasteiger charge is 2.28. The highest BCUT2D eigenvalue weighted by atomic mass is 35.5. The maximum absolute atomic E-state index is 12.2. The molecule has 1 N–H and O–H groups in total. The predicted molar refractivity (Wildman–Crippen MR) is 74.0 cm³/mol. The predicted octanol–water partition coefficient (Wildman–Crippen LogP) is 1.43. The van der Waals surface area contributed by atoms with Gasteiger partial charge in [0.1, 0.15) is 0 Å². The molecule has 0 spiro atoms. The zero-order chi connectivity index (χ0) is 12.3. The van der Waals surface area contributed by atoms with Gasteiger partial charge in [-0.25, -0.2) is 0 Å². The number of nitrogens with one attached hydrogen (secondary N) is 1. The van der Waals surface area contributed by atoms with Crippen LogP contribution in [0.3, 0.4) is 0 Å². The molecule has 2 fully saturated rings. The Morgan fingerprint density at radius 2 is 2.22 bits per heavy atom. The van der Waals surface area contributed by atoms with Crippen molar-refractivity contribution < 1.29 is 9.53 Å². The molecule has 0 aliphatic carbocycles. The number of amides is 1. The summed E-state index contributed by atoms with van der Waals surface area (Å²) in [5, 5.41) is 3.40. The van der Waals surface area contributed by atoms with Crippen LogP contribution in [-0.4, -0.2) is 49.2 Å². The lowest BCUT2D eigenvalue weighted by atomic mass is 10.0. The van der Waals surface area contributed by atoms with E-state index in [1.807, 2.05) is 4.90 Å². The molecule has 1 amide bonds. The Morgan fingerprint density at radius 3 is 2.89 bits per heavy atom. The van der Waals surface area contributed by atoms with Crippen molar-refractivity contribution in [2.45, 2.75) is 45.2 Å². The van der Waals surface area contributed by atoms with Crippen molar-refractivity contribution in [3.8, 4) is 0 Å². The lowest BCUT2D eigenvalue weighted by Crippen LogP contribution is -2.57. The topological polar surface area (TPSA) is 41.6 Å². The van der Waals surface area contributed by atoms with Gasteiger partial charge in [-0.2, -0.15) is 0 Å². The van der Waals surface area contributed by atoms with Crippen molar-refractivity contribution in [1.29, 1.82) is 0 Å². The molecule has 2 heterocycles. The first-order valence-electron chi connectivity index (χ1n) is 6.79. The average Bonchev–Trinajstić information content (AvgIpc) is 2.82. The molecule has 5 heteroatoms. The van der Waals surface area contributed by atoms with Gasteiger partial charge in [0.05, 0.1) is 0 Å². The summed E-state index contributed by atoms with van der Waals surface area (Å²) in [6.07, 6.45) is 2.80. The Morgan fingerprint density at radius 1 is 1.44 bits per heavy atom. The molecular weight excluding hydrogens is 252 g/mol. The second-order valence-corrected chi connectivity index (χ2v) is 5.34. The SMILES string of the molecule is CC1NCCN(C(=O)CCC2CCOC2)C1C.Cl. The van der Waals surface area contributed by atoms with Gasteiger partial charge in [-0.1, -0.05) is 0 Å². The molecule has 0 aromatic rings. The van der Waals surface area contributed by atoms with Crippen LogP contribution in [0.4, 0.5) is 0 Å². The molecule has 2 aliphatic heterocycles. The Hall–Kier alpha value is -0.320. The van der Waals surface area contributed by atoms with E-state index >= 15 is 0 Å². The summed E-state index contributed by atoms with van der Waals surface area (Å²) in [4.78, 5) is 14.2. The molecule has 0 aromatic carbocycles. The number of carbonyl (C=O) groups excluding carboxylic acids is 1. The number of hydrogen-bond acceptors (Lipinski definition) is 3. The van der Waals surface area contributed by atoms with Crippen LogP contribution in [0.15, 0.2) is 0 Å². The Bertz CT molecular complexity index is 270. The molecule has 18 heavy (non-hydrogen) atoms. The maximum Gasteiger partial charge on any atom is 0.222 e. The van der Waals surface area contributed by atoms with E-state index in [0.29, 0.717) is 30.3 Å². The van der Waals surface area contributed by atoms with E-state index in [-0.39, 0.29) is 12.4 Å². The molecule has 2 saturated heterocycles. The van der Waals surface area contributed by atoms with Gasteiger partial charge in [0.2, 0.25) is 5.91 Å². The number of piperazine rings is 1. The van der Waals surface area contributed by atoms with Gasteiger partial charge >= 0.3 is 0 Å². The quantitative estimate of drug-likeness (QED) is 0.848. The van der Waals surface area contributed by atoms with Gasteiger partial charge in [0.15, 0.2) is 0 Å². The van der Waals surface area contributed by atoms with Crippen molar-refractivity contribution in [3.63, 3.8) is 0 Å². The first kappa shape index (κ1) is 15.7. The monoisotopic (exact) mass is 276 g/mol. The third-order valence-electron chi connectivity index (χ3n) is 4.15. The first-order chi connectivity index (χ1) is 8.18. The van der Waals surface area contributed by atoms with Crippen molar-refractivity contribution in [3.05, 3.63) is 0 Å². The molecule has 106 valence electrons. The lowest BCUT2D eigenvalue weighted by molar-refractivity contribution is -0.135. The van der Waals surface area contributed by atoms with Crippen LogP contribution < -0.4 is 5.32 Å².